The average molecular weight is 366 g/mol. The van der Waals surface area contributed by atoms with Gasteiger partial charge in [-0.25, -0.2) is 0 Å². The van der Waals surface area contributed by atoms with Crippen molar-refractivity contribution in [2.45, 2.75) is 82.4 Å². The Kier molecular flexibility index (Phi) is 16.8. The number of unbranched alkanes of at least 4 members (excludes halogenated alkanes) is 9. The molecule has 0 aliphatic heterocycles. The SMILES string of the molecule is CCCCCCCCCCCCc1ccccc1S(=O)(=O)O.[Na+].[OH-]. The van der Waals surface area contributed by atoms with E-state index in [0.29, 0.717) is 6.42 Å². The van der Waals surface area contributed by atoms with E-state index < -0.39 is 10.1 Å². The number of rotatable bonds is 12. The van der Waals surface area contributed by atoms with Crippen LogP contribution in [-0.2, 0) is 16.5 Å². The molecule has 1 rings (SSSR count). The molecule has 0 radical (unpaired) electrons. The third-order valence-corrected chi connectivity index (χ3v) is 5.00. The van der Waals surface area contributed by atoms with E-state index in [1.165, 1.54) is 57.4 Å². The fourth-order valence-electron chi connectivity index (χ4n) is 2.76. The van der Waals surface area contributed by atoms with Gasteiger partial charge in [-0.2, -0.15) is 8.42 Å². The normalized spacial score (nSPS) is 10.8. The van der Waals surface area contributed by atoms with Gasteiger partial charge in [0.1, 0.15) is 0 Å². The first-order valence-electron chi connectivity index (χ1n) is 8.61. The Balaban J connectivity index is 0. The number of benzene rings is 1. The monoisotopic (exact) mass is 366 g/mol. The zero-order valence-corrected chi connectivity index (χ0v) is 18.0. The first-order valence-corrected chi connectivity index (χ1v) is 10.0. The minimum atomic E-state index is -4.10. The Morgan fingerprint density at radius 1 is 0.833 bits per heavy atom. The Labute approximate surface area is 169 Å². The molecule has 0 aromatic heterocycles. The summed E-state index contributed by atoms with van der Waals surface area (Å²) < 4.78 is 31.8. The van der Waals surface area contributed by atoms with Crippen LogP contribution >= 0.6 is 0 Å². The zero-order valence-electron chi connectivity index (χ0n) is 15.2. The second kappa shape index (κ2) is 15.4. The molecular weight excluding hydrogens is 335 g/mol. The van der Waals surface area contributed by atoms with E-state index in [9.17, 15) is 13.0 Å². The number of aryl methyl sites for hydroxylation is 1. The molecule has 0 fully saturated rings. The van der Waals surface area contributed by atoms with Crippen molar-refractivity contribution in [2.75, 3.05) is 0 Å². The van der Waals surface area contributed by atoms with E-state index in [0.717, 1.165) is 18.4 Å². The van der Waals surface area contributed by atoms with E-state index in [2.05, 4.69) is 6.92 Å². The van der Waals surface area contributed by atoms with E-state index >= 15 is 0 Å². The van der Waals surface area contributed by atoms with Crippen molar-refractivity contribution >= 4 is 10.1 Å². The summed E-state index contributed by atoms with van der Waals surface area (Å²) in [6, 6.07) is 6.73. The van der Waals surface area contributed by atoms with Gasteiger partial charge in [-0.3, -0.25) is 4.55 Å². The molecule has 0 saturated heterocycles. The van der Waals surface area contributed by atoms with Crippen LogP contribution in [0.15, 0.2) is 29.2 Å². The molecular formula is C18H31NaO4S. The van der Waals surface area contributed by atoms with Gasteiger partial charge in [-0.05, 0) is 24.5 Å². The molecule has 4 nitrogen and oxygen atoms in total. The Morgan fingerprint density at radius 3 is 1.79 bits per heavy atom. The summed E-state index contributed by atoms with van der Waals surface area (Å²) in [4.78, 5) is 0.0610. The van der Waals surface area contributed by atoms with Crippen LogP contribution in [-0.4, -0.2) is 18.4 Å². The second-order valence-corrected chi connectivity index (χ2v) is 7.40. The fourth-order valence-corrected chi connectivity index (χ4v) is 3.52. The molecule has 0 saturated carbocycles. The fraction of sp³-hybridized carbons (Fsp3) is 0.667. The van der Waals surface area contributed by atoms with Gasteiger partial charge in [-0.15, -0.1) is 0 Å². The molecule has 0 bridgehead atoms. The Bertz CT molecular complexity index is 518. The summed E-state index contributed by atoms with van der Waals surface area (Å²) in [5, 5.41) is 0. The van der Waals surface area contributed by atoms with Crippen LogP contribution in [0.1, 0.15) is 76.7 Å². The van der Waals surface area contributed by atoms with Crippen LogP contribution in [0, 0.1) is 0 Å². The van der Waals surface area contributed by atoms with Crippen molar-refractivity contribution in [1.82, 2.24) is 0 Å². The first-order chi connectivity index (χ1) is 10.6. The average Bonchev–Trinajstić information content (AvgIpc) is 2.48. The Hall–Kier alpha value is 0.0900. The maximum absolute atomic E-state index is 11.3. The van der Waals surface area contributed by atoms with Crippen LogP contribution in [0.4, 0.5) is 0 Å². The summed E-state index contributed by atoms with van der Waals surface area (Å²) in [5.41, 5.74) is 0.726. The molecule has 6 heteroatoms. The molecule has 0 heterocycles. The molecule has 0 aliphatic carbocycles. The van der Waals surface area contributed by atoms with Gasteiger partial charge in [0.25, 0.3) is 10.1 Å². The van der Waals surface area contributed by atoms with Gasteiger partial charge in [0.15, 0.2) is 0 Å². The van der Waals surface area contributed by atoms with Crippen LogP contribution in [0.3, 0.4) is 0 Å². The smallest absolute Gasteiger partial charge is 0.870 e. The topological polar surface area (TPSA) is 84.4 Å². The van der Waals surface area contributed by atoms with Gasteiger partial charge in [0, 0.05) is 0 Å². The summed E-state index contributed by atoms with van der Waals surface area (Å²) in [7, 11) is -4.10. The molecule has 0 aliphatic rings. The van der Waals surface area contributed by atoms with Crippen LogP contribution < -0.4 is 29.6 Å². The first kappa shape index (κ1) is 26.3. The van der Waals surface area contributed by atoms with E-state index in [-0.39, 0.29) is 39.9 Å². The maximum atomic E-state index is 11.3. The van der Waals surface area contributed by atoms with Crippen molar-refractivity contribution < 1.29 is 48.0 Å². The van der Waals surface area contributed by atoms with Crippen LogP contribution in [0.5, 0.6) is 0 Å². The molecule has 0 spiro atoms. The van der Waals surface area contributed by atoms with Gasteiger partial charge in [0.05, 0.1) is 4.90 Å². The molecule has 0 amide bonds. The van der Waals surface area contributed by atoms with E-state index in [1.807, 2.05) is 6.07 Å². The van der Waals surface area contributed by atoms with Crippen molar-refractivity contribution in [2.24, 2.45) is 0 Å². The third-order valence-electron chi connectivity index (χ3n) is 4.05. The summed E-state index contributed by atoms with van der Waals surface area (Å²) in [6.07, 6.45) is 13.3. The standard InChI is InChI=1S/C18H30O3S.Na.H2O/c1-2-3-4-5-6-7-8-9-10-11-14-17-15-12-13-16-18(17)22(19,20)21;;/h12-13,15-16H,2-11,14H2,1H3,(H,19,20,21);;1H2/q;+1;/p-1. The maximum Gasteiger partial charge on any atom is 1.00 e. The molecule has 2 N–H and O–H groups in total. The predicted molar refractivity (Wildman–Crippen MR) is 93.7 cm³/mol. The van der Waals surface area contributed by atoms with Crippen LogP contribution in [0.2, 0.25) is 0 Å². The van der Waals surface area contributed by atoms with Crippen molar-refractivity contribution in [3.05, 3.63) is 29.8 Å². The minimum Gasteiger partial charge on any atom is -0.870 e. The molecule has 1 aromatic carbocycles. The van der Waals surface area contributed by atoms with Gasteiger partial charge in [-0.1, -0.05) is 82.9 Å². The van der Waals surface area contributed by atoms with Gasteiger partial charge >= 0.3 is 29.6 Å². The van der Waals surface area contributed by atoms with Gasteiger partial charge < -0.3 is 5.48 Å². The molecule has 24 heavy (non-hydrogen) atoms. The summed E-state index contributed by atoms with van der Waals surface area (Å²) in [6.45, 7) is 2.24. The molecule has 1 aromatic rings. The zero-order chi connectivity index (χ0) is 16.3. The summed E-state index contributed by atoms with van der Waals surface area (Å²) in [5.74, 6) is 0. The van der Waals surface area contributed by atoms with Crippen molar-refractivity contribution in [1.29, 1.82) is 0 Å². The van der Waals surface area contributed by atoms with E-state index in [4.69, 9.17) is 0 Å². The van der Waals surface area contributed by atoms with Gasteiger partial charge in [0.2, 0.25) is 0 Å². The Morgan fingerprint density at radius 2 is 1.29 bits per heavy atom. The quantitative estimate of drug-likeness (QED) is 0.349. The van der Waals surface area contributed by atoms with Crippen molar-refractivity contribution in [3.63, 3.8) is 0 Å². The largest absolute Gasteiger partial charge is 1.00 e. The third kappa shape index (κ3) is 11.6. The minimum absolute atomic E-state index is 0. The number of hydrogen-bond acceptors (Lipinski definition) is 3. The molecule has 0 unspecified atom stereocenters. The van der Waals surface area contributed by atoms with Crippen LogP contribution in [0.25, 0.3) is 0 Å². The molecule has 134 valence electrons. The second-order valence-electron chi connectivity index (χ2n) is 6.01. The summed E-state index contributed by atoms with van der Waals surface area (Å²) >= 11 is 0. The van der Waals surface area contributed by atoms with E-state index in [1.54, 1.807) is 12.1 Å². The predicted octanol–water partition coefficient (Wildman–Crippen LogP) is 2.22. The van der Waals surface area contributed by atoms with Crippen molar-refractivity contribution in [3.8, 4) is 0 Å². The number of hydrogen-bond donors (Lipinski definition) is 1. The molecule has 0 atom stereocenters.